The first-order chi connectivity index (χ1) is 9.38. The highest BCUT2D eigenvalue weighted by molar-refractivity contribution is 5.69. The van der Waals surface area contributed by atoms with Gasteiger partial charge in [-0.2, -0.15) is 0 Å². The van der Waals surface area contributed by atoms with Crippen molar-refractivity contribution in [2.45, 2.75) is 58.1 Å². The molecule has 1 amide bonds. The van der Waals surface area contributed by atoms with Gasteiger partial charge in [0.2, 0.25) is 0 Å². The van der Waals surface area contributed by atoms with Crippen LogP contribution in [0.1, 0.15) is 46.5 Å². The van der Waals surface area contributed by atoms with Crippen LogP contribution in [0.3, 0.4) is 0 Å². The molecule has 0 aromatic heterocycles. The van der Waals surface area contributed by atoms with Crippen molar-refractivity contribution in [2.24, 2.45) is 11.1 Å². The zero-order valence-electron chi connectivity index (χ0n) is 13.0. The van der Waals surface area contributed by atoms with Gasteiger partial charge in [-0.05, 0) is 52.0 Å². The van der Waals surface area contributed by atoms with Gasteiger partial charge in [-0.1, -0.05) is 6.42 Å². The average Bonchev–Trinajstić information content (AvgIpc) is 2.32. The zero-order valence-corrected chi connectivity index (χ0v) is 13.0. The Morgan fingerprint density at radius 1 is 1.45 bits per heavy atom. The molecule has 2 fully saturated rings. The van der Waals surface area contributed by atoms with Gasteiger partial charge in [-0.15, -0.1) is 0 Å². The molecule has 2 aliphatic rings. The van der Waals surface area contributed by atoms with Gasteiger partial charge in [-0.25, -0.2) is 4.79 Å². The summed E-state index contributed by atoms with van der Waals surface area (Å²) < 4.78 is 11.2. The number of carbonyl (C=O) groups is 1. The molecule has 1 unspecified atom stereocenters. The smallest absolute Gasteiger partial charge is 0.410 e. The molecule has 1 saturated heterocycles. The van der Waals surface area contributed by atoms with Crippen LogP contribution in [0.4, 0.5) is 4.79 Å². The minimum absolute atomic E-state index is 0.114. The molecular weight excluding hydrogens is 256 g/mol. The van der Waals surface area contributed by atoms with Gasteiger partial charge in [0.1, 0.15) is 5.60 Å². The minimum Gasteiger partial charge on any atom is -0.444 e. The van der Waals surface area contributed by atoms with Crippen LogP contribution in [0.25, 0.3) is 0 Å². The van der Waals surface area contributed by atoms with E-state index in [1.807, 2.05) is 25.7 Å². The Balaban J connectivity index is 2.10. The van der Waals surface area contributed by atoms with Crippen molar-refractivity contribution in [1.82, 2.24) is 4.90 Å². The standard InChI is InChI=1S/C15H28N2O3/c1-14(2,3)20-13(18)17-9-10-19-11-12(17)15(7-8-16)5-4-6-15/h12H,4-11,16H2,1-3H3. The topological polar surface area (TPSA) is 64.8 Å². The highest BCUT2D eigenvalue weighted by atomic mass is 16.6. The number of nitrogens with zero attached hydrogens (tertiary/aromatic N) is 1. The molecule has 1 saturated carbocycles. The van der Waals surface area contributed by atoms with E-state index in [9.17, 15) is 4.79 Å². The Kier molecular flexibility index (Phi) is 4.59. The third kappa shape index (κ3) is 3.26. The third-order valence-electron chi connectivity index (χ3n) is 4.45. The molecule has 116 valence electrons. The summed E-state index contributed by atoms with van der Waals surface area (Å²) in [5.74, 6) is 0. The molecule has 1 heterocycles. The molecule has 5 heteroatoms. The van der Waals surface area contributed by atoms with E-state index in [-0.39, 0.29) is 17.6 Å². The monoisotopic (exact) mass is 284 g/mol. The largest absolute Gasteiger partial charge is 0.444 e. The van der Waals surface area contributed by atoms with Crippen LogP contribution >= 0.6 is 0 Å². The van der Waals surface area contributed by atoms with E-state index in [2.05, 4.69) is 0 Å². The highest BCUT2D eigenvalue weighted by Gasteiger charge is 2.49. The first-order valence-corrected chi connectivity index (χ1v) is 7.65. The molecule has 1 aliphatic carbocycles. The van der Waals surface area contributed by atoms with Crippen molar-refractivity contribution in [2.75, 3.05) is 26.3 Å². The number of amides is 1. The second kappa shape index (κ2) is 5.90. The Labute approximate surface area is 121 Å². The van der Waals surface area contributed by atoms with E-state index < -0.39 is 5.60 Å². The molecule has 0 aromatic rings. The Bertz CT molecular complexity index is 348. The van der Waals surface area contributed by atoms with Crippen LogP contribution in [-0.4, -0.2) is 48.9 Å². The normalized spacial score (nSPS) is 26.0. The SMILES string of the molecule is CC(C)(C)OC(=O)N1CCOCC1C1(CCN)CCC1. The van der Waals surface area contributed by atoms with Gasteiger partial charge in [0.05, 0.1) is 19.3 Å². The van der Waals surface area contributed by atoms with Gasteiger partial charge >= 0.3 is 6.09 Å². The number of nitrogens with two attached hydrogens (primary N) is 1. The summed E-state index contributed by atoms with van der Waals surface area (Å²) >= 11 is 0. The van der Waals surface area contributed by atoms with Crippen molar-refractivity contribution in [3.63, 3.8) is 0 Å². The number of morpholine rings is 1. The van der Waals surface area contributed by atoms with Crippen LogP contribution in [0.2, 0.25) is 0 Å². The highest BCUT2D eigenvalue weighted by Crippen LogP contribution is 2.49. The molecule has 1 atom stereocenters. The van der Waals surface area contributed by atoms with E-state index in [1.165, 1.54) is 6.42 Å². The van der Waals surface area contributed by atoms with Crippen LogP contribution in [0.15, 0.2) is 0 Å². The first kappa shape index (κ1) is 15.6. The molecule has 5 nitrogen and oxygen atoms in total. The van der Waals surface area contributed by atoms with Crippen LogP contribution in [0.5, 0.6) is 0 Å². The lowest BCUT2D eigenvalue weighted by Crippen LogP contribution is -2.60. The van der Waals surface area contributed by atoms with E-state index in [4.69, 9.17) is 15.2 Å². The molecule has 0 bridgehead atoms. The van der Waals surface area contributed by atoms with Gasteiger partial charge in [0, 0.05) is 6.54 Å². The molecule has 2 N–H and O–H groups in total. The summed E-state index contributed by atoms with van der Waals surface area (Å²) in [5.41, 5.74) is 5.47. The summed E-state index contributed by atoms with van der Waals surface area (Å²) in [6, 6.07) is 0.114. The van der Waals surface area contributed by atoms with Gasteiger partial charge in [0.15, 0.2) is 0 Å². The number of hydrogen-bond donors (Lipinski definition) is 1. The fourth-order valence-electron chi connectivity index (χ4n) is 3.32. The second-order valence-corrected chi connectivity index (χ2v) is 7.02. The summed E-state index contributed by atoms with van der Waals surface area (Å²) in [6.07, 6.45) is 4.24. The Morgan fingerprint density at radius 3 is 2.65 bits per heavy atom. The fourth-order valence-corrected chi connectivity index (χ4v) is 3.32. The summed E-state index contributed by atoms with van der Waals surface area (Å²) in [6.45, 7) is 8.19. The molecule has 2 rings (SSSR count). The second-order valence-electron chi connectivity index (χ2n) is 7.02. The molecule has 0 spiro atoms. The zero-order chi connectivity index (χ0) is 14.8. The molecule has 1 aliphatic heterocycles. The van der Waals surface area contributed by atoms with Crippen molar-refractivity contribution < 1.29 is 14.3 Å². The van der Waals surface area contributed by atoms with Gasteiger partial charge < -0.3 is 20.1 Å². The van der Waals surface area contributed by atoms with E-state index >= 15 is 0 Å². The van der Waals surface area contributed by atoms with Gasteiger partial charge in [-0.3, -0.25) is 0 Å². The quantitative estimate of drug-likeness (QED) is 0.862. The van der Waals surface area contributed by atoms with Crippen LogP contribution < -0.4 is 5.73 Å². The fraction of sp³-hybridized carbons (Fsp3) is 0.933. The maximum absolute atomic E-state index is 12.4. The van der Waals surface area contributed by atoms with Crippen molar-refractivity contribution in [1.29, 1.82) is 0 Å². The summed E-state index contributed by atoms with van der Waals surface area (Å²) in [7, 11) is 0. The maximum Gasteiger partial charge on any atom is 0.410 e. The number of ether oxygens (including phenoxy) is 2. The Hall–Kier alpha value is -0.810. The molecular formula is C15H28N2O3. The van der Waals surface area contributed by atoms with Crippen molar-refractivity contribution >= 4 is 6.09 Å². The average molecular weight is 284 g/mol. The Morgan fingerprint density at radius 2 is 2.15 bits per heavy atom. The number of hydrogen-bond acceptors (Lipinski definition) is 4. The number of carbonyl (C=O) groups excluding carboxylic acids is 1. The minimum atomic E-state index is -0.458. The molecule has 0 aromatic carbocycles. The lowest BCUT2D eigenvalue weighted by molar-refractivity contribution is -0.0947. The predicted molar refractivity (Wildman–Crippen MR) is 77.5 cm³/mol. The number of rotatable bonds is 3. The lowest BCUT2D eigenvalue weighted by Gasteiger charge is -2.53. The van der Waals surface area contributed by atoms with Gasteiger partial charge in [0.25, 0.3) is 0 Å². The van der Waals surface area contributed by atoms with Crippen LogP contribution in [-0.2, 0) is 9.47 Å². The predicted octanol–water partition coefficient (Wildman–Crippen LogP) is 2.14. The van der Waals surface area contributed by atoms with E-state index in [0.717, 1.165) is 19.3 Å². The van der Waals surface area contributed by atoms with Crippen molar-refractivity contribution in [3.8, 4) is 0 Å². The third-order valence-corrected chi connectivity index (χ3v) is 4.45. The van der Waals surface area contributed by atoms with E-state index in [0.29, 0.717) is 26.3 Å². The molecule has 20 heavy (non-hydrogen) atoms. The van der Waals surface area contributed by atoms with E-state index in [1.54, 1.807) is 0 Å². The maximum atomic E-state index is 12.4. The van der Waals surface area contributed by atoms with Crippen LogP contribution in [0, 0.1) is 5.41 Å². The summed E-state index contributed by atoms with van der Waals surface area (Å²) in [5, 5.41) is 0. The molecule has 0 radical (unpaired) electrons. The summed E-state index contributed by atoms with van der Waals surface area (Å²) in [4.78, 5) is 14.3. The van der Waals surface area contributed by atoms with Crippen molar-refractivity contribution in [3.05, 3.63) is 0 Å². The first-order valence-electron chi connectivity index (χ1n) is 7.65. The lowest BCUT2D eigenvalue weighted by atomic mass is 9.61.